The number of carbonyl (C=O) groups is 2. The molecule has 92 valence electrons. The fourth-order valence-electron chi connectivity index (χ4n) is 1.52. The van der Waals surface area contributed by atoms with E-state index in [1.807, 2.05) is 13.0 Å². The summed E-state index contributed by atoms with van der Waals surface area (Å²) in [4.78, 5) is 23.3. The number of Topliss-reactive ketones (excluding diaryl/α,β-unsaturated/α-hetero) is 2. The zero-order chi connectivity index (χ0) is 13.0. The van der Waals surface area contributed by atoms with Crippen molar-refractivity contribution in [1.82, 2.24) is 0 Å². The van der Waals surface area contributed by atoms with Crippen LogP contribution in [0.1, 0.15) is 36.2 Å². The highest BCUT2D eigenvalue weighted by molar-refractivity contribution is 6.13. The van der Waals surface area contributed by atoms with E-state index in [1.165, 1.54) is 6.07 Å². The molecule has 17 heavy (non-hydrogen) atoms. The molecule has 0 aliphatic heterocycles. The monoisotopic (exact) mass is 236 g/mol. The minimum absolute atomic E-state index is 0.258. The van der Waals surface area contributed by atoms with Crippen LogP contribution in [0.2, 0.25) is 0 Å². The van der Waals surface area contributed by atoms with Crippen LogP contribution in [-0.4, -0.2) is 17.7 Å². The average molecular weight is 236 g/mol. The molecule has 0 saturated heterocycles. The molecule has 2 atom stereocenters. The minimum Gasteiger partial charge on any atom is -0.296 e. The Hall–Kier alpha value is -1.51. The van der Waals surface area contributed by atoms with E-state index >= 15 is 0 Å². The summed E-state index contributed by atoms with van der Waals surface area (Å²) in [6.07, 6.45) is -1.49. The minimum atomic E-state index is -2.04. The Morgan fingerprint density at radius 1 is 1.35 bits per heavy atom. The van der Waals surface area contributed by atoms with Gasteiger partial charge in [-0.05, 0) is 19.4 Å². The van der Waals surface area contributed by atoms with Crippen molar-refractivity contribution in [3.8, 4) is 0 Å². The van der Waals surface area contributed by atoms with E-state index in [4.69, 9.17) is 0 Å². The number of halogens is 1. The maximum Gasteiger partial charge on any atom is 0.221 e. The molecule has 0 saturated carbocycles. The topological polar surface area (TPSA) is 34.1 Å². The van der Waals surface area contributed by atoms with Crippen LogP contribution in [0, 0.1) is 12.8 Å². The largest absolute Gasteiger partial charge is 0.296 e. The molecular formula is C14H17FO2. The first-order valence-electron chi connectivity index (χ1n) is 5.76. The van der Waals surface area contributed by atoms with Crippen molar-refractivity contribution in [2.45, 2.75) is 33.4 Å². The third-order valence-electron chi connectivity index (χ3n) is 2.88. The summed E-state index contributed by atoms with van der Waals surface area (Å²) >= 11 is 0. The molecule has 2 unspecified atom stereocenters. The Balaban J connectivity index is 2.87. The van der Waals surface area contributed by atoms with E-state index in [9.17, 15) is 14.0 Å². The molecule has 3 heteroatoms. The predicted octanol–water partition coefficient (Wildman–Crippen LogP) is 3.13. The fourth-order valence-corrected chi connectivity index (χ4v) is 1.52. The fraction of sp³-hybridized carbons (Fsp3) is 0.429. The number of rotatable bonds is 5. The van der Waals surface area contributed by atoms with E-state index in [0.29, 0.717) is 6.42 Å². The molecule has 0 fully saturated rings. The summed E-state index contributed by atoms with van der Waals surface area (Å²) in [6, 6.07) is 6.63. The second-order valence-electron chi connectivity index (χ2n) is 4.31. The lowest BCUT2D eigenvalue weighted by Crippen LogP contribution is -2.30. The summed E-state index contributed by atoms with van der Waals surface area (Å²) in [5.74, 6) is -1.78. The van der Waals surface area contributed by atoms with Crippen LogP contribution in [0.3, 0.4) is 0 Å². The molecule has 0 aliphatic carbocycles. The molecule has 0 heterocycles. The van der Waals surface area contributed by atoms with Crippen LogP contribution in [0.15, 0.2) is 24.3 Å². The van der Waals surface area contributed by atoms with Gasteiger partial charge in [0.15, 0.2) is 5.78 Å². The Bertz CT molecular complexity index is 426. The summed E-state index contributed by atoms with van der Waals surface area (Å²) in [5, 5.41) is 0. The van der Waals surface area contributed by atoms with Gasteiger partial charge in [0.25, 0.3) is 0 Å². The van der Waals surface area contributed by atoms with Gasteiger partial charge in [-0.15, -0.1) is 0 Å². The predicted molar refractivity (Wildman–Crippen MR) is 64.9 cm³/mol. The number of aryl methyl sites for hydroxylation is 1. The van der Waals surface area contributed by atoms with Gasteiger partial charge >= 0.3 is 0 Å². The van der Waals surface area contributed by atoms with Crippen molar-refractivity contribution in [3.05, 3.63) is 35.4 Å². The molecule has 1 aromatic rings. The van der Waals surface area contributed by atoms with E-state index in [0.717, 1.165) is 5.56 Å². The number of hydrogen-bond donors (Lipinski definition) is 0. The first-order chi connectivity index (χ1) is 7.97. The first kappa shape index (κ1) is 13.6. The van der Waals surface area contributed by atoms with Gasteiger partial charge in [0, 0.05) is 11.5 Å². The van der Waals surface area contributed by atoms with Crippen molar-refractivity contribution < 1.29 is 14.0 Å². The van der Waals surface area contributed by atoms with Crippen molar-refractivity contribution in [3.63, 3.8) is 0 Å². The van der Waals surface area contributed by atoms with Crippen molar-refractivity contribution >= 4 is 11.6 Å². The summed E-state index contributed by atoms with van der Waals surface area (Å²) in [7, 11) is 0. The maximum atomic E-state index is 13.7. The number of carbonyl (C=O) groups excluding carboxylic acids is 2. The van der Waals surface area contributed by atoms with Crippen LogP contribution in [0.25, 0.3) is 0 Å². The van der Waals surface area contributed by atoms with E-state index in [-0.39, 0.29) is 5.56 Å². The Kier molecular flexibility index (Phi) is 4.55. The molecule has 0 bridgehead atoms. The summed E-state index contributed by atoms with van der Waals surface area (Å²) < 4.78 is 13.7. The van der Waals surface area contributed by atoms with Gasteiger partial charge < -0.3 is 0 Å². The number of ketones is 2. The van der Waals surface area contributed by atoms with Crippen LogP contribution >= 0.6 is 0 Å². The Labute approximate surface area is 101 Å². The van der Waals surface area contributed by atoms with Crippen molar-refractivity contribution in [2.75, 3.05) is 0 Å². The van der Waals surface area contributed by atoms with Gasteiger partial charge in [-0.3, -0.25) is 9.59 Å². The van der Waals surface area contributed by atoms with Gasteiger partial charge in [0.05, 0.1) is 0 Å². The number of hydrogen-bond acceptors (Lipinski definition) is 2. The highest BCUT2D eigenvalue weighted by Crippen LogP contribution is 2.14. The van der Waals surface area contributed by atoms with E-state index < -0.39 is 23.7 Å². The molecule has 0 amide bonds. The van der Waals surface area contributed by atoms with E-state index in [2.05, 4.69) is 0 Å². The molecule has 0 aromatic heterocycles. The lowest BCUT2D eigenvalue weighted by atomic mass is 9.95. The number of alkyl halides is 1. The van der Waals surface area contributed by atoms with Crippen LogP contribution in [0.5, 0.6) is 0 Å². The van der Waals surface area contributed by atoms with Gasteiger partial charge in [0.1, 0.15) is 0 Å². The molecule has 1 rings (SSSR count). The third-order valence-corrected chi connectivity index (χ3v) is 2.88. The second kappa shape index (κ2) is 5.71. The quantitative estimate of drug-likeness (QED) is 0.581. The molecule has 0 N–H and O–H groups in total. The number of benzene rings is 1. The highest BCUT2D eigenvalue weighted by Gasteiger charge is 2.29. The van der Waals surface area contributed by atoms with Gasteiger partial charge in [0.2, 0.25) is 12.0 Å². The summed E-state index contributed by atoms with van der Waals surface area (Å²) in [5.41, 5.74) is 1.13. The Morgan fingerprint density at radius 3 is 2.53 bits per heavy atom. The van der Waals surface area contributed by atoms with Crippen LogP contribution in [-0.2, 0) is 4.79 Å². The van der Waals surface area contributed by atoms with Crippen molar-refractivity contribution in [1.29, 1.82) is 0 Å². The zero-order valence-electron chi connectivity index (χ0n) is 10.4. The zero-order valence-corrected chi connectivity index (χ0v) is 10.4. The van der Waals surface area contributed by atoms with Gasteiger partial charge in [-0.2, -0.15) is 0 Å². The van der Waals surface area contributed by atoms with Crippen molar-refractivity contribution in [2.24, 2.45) is 5.92 Å². The molecule has 0 spiro atoms. The molecule has 0 aliphatic rings. The van der Waals surface area contributed by atoms with Gasteiger partial charge in [-0.1, -0.05) is 37.6 Å². The standard InChI is InChI=1S/C14H17FO2/c1-4-10(3)13(16)12(15)14(17)11-7-5-6-9(2)8-11/h5-8,10,12H,4H2,1-3H3. The maximum absolute atomic E-state index is 13.7. The summed E-state index contributed by atoms with van der Waals surface area (Å²) in [6.45, 7) is 5.26. The Morgan fingerprint density at radius 2 is 2.00 bits per heavy atom. The van der Waals surface area contributed by atoms with Crippen LogP contribution < -0.4 is 0 Å². The smallest absolute Gasteiger partial charge is 0.221 e. The molecule has 1 aromatic carbocycles. The molecule has 0 radical (unpaired) electrons. The third kappa shape index (κ3) is 3.22. The first-order valence-corrected chi connectivity index (χ1v) is 5.76. The lowest BCUT2D eigenvalue weighted by Gasteiger charge is -2.11. The van der Waals surface area contributed by atoms with E-state index in [1.54, 1.807) is 26.0 Å². The lowest BCUT2D eigenvalue weighted by molar-refractivity contribution is -0.125. The average Bonchev–Trinajstić information content (AvgIpc) is 2.35. The normalized spacial score (nSPS) is 14.1. The molecule has 2 nitrogen and oxygen atoms in total. The van der Waals surface area contributed by atoms with Crippen LogP contribution in [0.4, 0.5) is 4.39 Å². The second-order valence-corrected chi connectivity index (χ2v) is 4.31. The highest BCUT2D eigenvalue weighted by atomic mass is 19.1. The SMILES string of the molecule is CCC(C)C(=O)C(F)C(=O)c1cccc(C)c1. The van der Waals surface area contributed by atoms with Gasteiger partial charge in [-0.25, -0.2) is 4.39 Å². The molecular weight excluding hydrogens is 219 g/mol.